The van der Waals surface area contributed by atoms with Gasteiger partial charge in [0.05, 0.1) is 29.7 Å². The molecule has 4 heterocycles. The third-order valence-corrected chi connectivity index (χ3v) is 9.59. The molecule has 7 rings (SSSR count). The Hall–Kier alpha value is -5.04. The SMILES string of the molecule is CC1Cc2c(n3ncc(Cc4ccccc4)c3n(-c3ccc(C4=NCC(=O)N4C)cc3)c2=O)CN1C(=O)c1ccc(Br)c(C(F)(F)F)c1. The predicted molar refractivity (Wildman–Crippen MR) is 176 cm³/mol. The Morgan fingerprint density at radius 3 is 2.42 bits per heavy atom. The highest BCUT2D eigenvalue weighted by Crippen LogP contribution is 2.36. The molecule has 5 aromatic rings. The first-order chi connectivity index (χ1) is 22.9. The molecule has 0 saturated carbocycles. The molecule has 48 heavy (non-hydrogen) atoms. The summed E-state index contributed by atoms with van der Waals surface area (Å²) in [6.45, 7) is 1.84. The lowest BCUT2D eigenvalue weighted by atomic mass is 9.97. The second kappa shape index (κ2) is 11.9. The van der Waals surface area contributed by atoms with Gasteiger partial charge in [-0.05, 0) is 61.4 Å². The van der Waals surface area contributed by atoms with Crippen LogP contribution in [0.25, 0.3) is 11.3 Å². The molecule has 244 valence electrons. The number of fused-ring (bicyclic) bond motifs is 3. The van der Waals surface area contributed by atoms with E-state index in [9.17, 15) is 27.6 Å². The zero-order valence-corrected chi connectivity index (χ0v) is 27.4. The standard InChI is InChI=1S/C35H28BrF3N6O3/c1-20-14-26-29(19-43(20)33(47)23-10-13-28(36)27(16-23)35(37,38)39)45-32(24(17-41-45)15-21-6-4-3-5-7-21)44(34(26)48)25-11-8-22(9-12-25)31-40-18-30(46)42(31)2/h3-13,16-17,20H,14-15,18-19H2,1-2H3. The van der Waals surface area contributed by atoms with Gasteiger partial charge in [0, 0.05) is 46.2 Å². The molecule has 2 aromatic heterocycles. The zero-order valence-electron chi connectivity index (χ0n) is 25.8. The maximum atomic E-state index is 14.5. The number of nitrogens with zero attached hydrogens (tertiary/aromatic N) is 6. The van der Waals surface area contributed by atoms with Crippen molar-refractivity contribution in [2.75, 3.05) is 13.6 Å². The monoisotopic (exact) mass is 716 g/mol. The Morgan fingerprint density at radius 2 is 1.75 bits per heavy atom. The Labute approximate surface area is 281 Å². The fraction of sp³-hybridized carbons (Fsp3) is 0.229. The number of carbonyl (C=O) groups excluding carboxylic acids is 2. The summed E-state index contributed by atoms with van der Waals surface area (Å²) in [6.07, 6.45) is -2.29. The summed E-state index contributed by atoms with van der Waals surface area (Å²) in [6, 6.07) is 19.9. The summed E-state index contributed by atoms with van der Waals surface area (Å²) >= 11 is 2.94. The van der Waals surface area contributed by atoms with E-state index in [2.05, 4.69) is 20.9 Å². The van der Waals surface area contributed by atoms with Crippen LogP contribution in [0.3, 0.4) is 0 Å². The normalized spacial score (nSPS) is 16.4. The summed E-state index contributed by atoms with van der Waals surface area (Å²) < 4.78 is 44.2. The largest absolute Gasteiger partial charge is 0.417 e. The van der Waals surface area contributed by atoms with Crippen LogP contribution in [0.4, 0.5) is 13.2 Å². The number of hydrogen-bond acceptors (Lipinski definition) is 5. The van der Waals surface area contributed by atoms with Crippen LogP contribution in [0.2, 0.25) is 0 Å². The van der Waals surface area contributed by atoms with Gasteiger partial charge >= 0.3 is 6.18 Å². The van der Waals surface area contributed by atoms with Crippen molar-refractivity contribution < 1.29 is 22.8 Å². The molecule has 9 nitrogen and oxygen atoms in total. The van der Waals surface area contributed by atoms with Crippen molar-refractivity contribution in [1.82, 2.24) is 24.0 Å². The molecule has 0 saturated heterocycles. The third-order valence-electron chi connectivity index (χ3n) is 8.90. The van der Waals surface area contributed by atoms with Crippen LogP contribution in [0, 0.1) is 0 Å². The van der Waals surface area contributed by atoms with E-state index < -0.39 is 23.7 Å². The Balaban J connectivity index is 1.34. The van der Waals surface area contributed by atoms with Gasteiger partial charge in [0.2, 0.25) is 5.91 Å². The molecule has 13 heteroatoms. The highest BCUT2D eigenvalue weighted by molar-refractivity contribution is 9.10. The van der Waals surface area contributed by atoms with E-state index in [4.69, 9.17) is 5.10 Å². The molecule has 2 aliphatic heterocycles. The minimum Gasteiger partial charge on any atom is -0.330 e. The van der Waals surface area contributed by atoms with Crippen molar-refractivity contribution in [1.29, 1.82) is 0 Å². The van der Waals surface area contributed by atoms with Gasteiger partial charge in [0.25, 0.3) is 11.5 Å². The van der Waals surface area contributed by atoms with Crippen molar-refractivity contribution in [3.05, 3.63) is 133 Å². The first-order valence-electron chi connectivity index (χ1n) is 15.2. The molecule has 0 spiro atoms. The number of hydrogen-bond donors (Lipinski definition) is 0. The molecule has 0 fully saturated rings. The van der Waals surface area contributed by atoms with E-state index in [0.717, 1.165) is 22.8 Å². The van der Waals surface area contributed by atoms with Gasteiger partial charge in [0.1, 0.15) is 18.0 Å². The molecule has 3 aromatic carbocycles. The van der Waals surface area contributed by atoms with Crippen LogP contribution in [0.15, 0.2) is 93.3 Å². The molecule has 2 aliphatic rings. The summed E-state index contributed by atoms with van der Waals surface area (Å²) in [5, 5.41) is 4.70. The Kier molecular flexibility index (Phi) is 7.81. The molecule has 0 bridgehead atoms. The van der Waals surface area contributed by atoms with Gasteiger partial charge in [0.15, 0.2) is 0 Å². The quantitative estimate of drug-likeness (QED) is 0.235. The van der Waals surface area contributed by atoms with E-state index >= 15 is 0 Å². The lowest BCUT2D eigenvalue weighted by molar-refractivity contribution is -0.138. The smallest absolute Gasteiger partial charge is 0.330 e. The van der Waals surface area contributed by atoms with E-state index in [0.29, 0.717) is 34.8 Å². The predicted octanol–water partition coefficient (Wildman–Crippen LogP) is 5.66. The minimum absolute atomic E-state index is 0.0229. The van der Waals surface area contributed by atoms with Crippen molar-refractivity contribution in [2.45, 2.75) is 38.5 Å². The van der Waals surface area contributed by atoms with Crippen molar-refractivity contribution in [3.63, 3.8) is 0 Å². The highest BCUT2D eigenvalue weighted by atomic mass is 79.9. The molecule has 0 radical (unpaired) electrons. The zero-order chi connectivity index (χ0) is 33.9. The van der Waals surface area contributed by atoms with E-state index in [-0.39, 0.29) is 41.0 Å². The number of aromatic nitrogens is 3. The number of alkyl halides is 3. The number of amidine groups is 1. The lowest BCUT2D eigenvalue weighted by Crippen LogP contribution is -2.46. The first-order valence-corrected chi connectivity index (χ1v) is 16.0. The number of likely N-dealkylation sites (N-methyl/N-ethyl adjacent to an activating group) is 1. The highest BCUT2D eigenvalue weighted by Gasteiger charge is 2.36. The number of halogens is 4. The van der Waals surface area contributed by atoms with E-state index in [1.54, 1.807) is 41.4 Å². The fourth-order valence-corrected chi connectivity index (χ4v) is 6.87. The minimum atomic E-state index is -4.65. The first kappa shape index (κ1) is 31.6. The summed E-state index contributed by atoms with van der Waals surface area (Å²) in [7, 11) is 1.67. The molecule has 0 N–H and O–H groups in total. The maximum Gasteiger partial charge on any atom is 0.417 e. The fourth-order valence-electron chi connectivity index (χ4n) is 6.40. The number of aliphatic imine (C=N–C) groups is 1. The topological polar surface area (TPSA) is 92.3 Å². The van der Waals surface area contributed by atoms with Gasteiger partial charge in [-0.25, -0.2) is 4.52 Å². The van der Waals surface area contributed by atoms with Crippen LogP contribution in [-0.2, 0) is 30.4 Å². The van der Waals surface area contributed by atoms with Gasteiger partial charge < -0.3 is 4.90 Å². The number of carbonyl (C=O) groups is 2. The summed E-state index contributed by atoms with van der Waals surface area (Å²) in [5.74, 6) is -0.126. The van der Waals surface area contributed by atoms with Crippen LogP contribution in [0.5, 0.6) is 0 Å². The van der Waals surface area contributed by atoms with Crippen molar-refractivity contribution in [3.8, 4) is 5.69 Å². The molecular weight excluding hydrogens is 689 g/mol. The van der Waals surface area contributed by atoms with Crippen LogP contribution < -0.4 is 5.56 Å². The molecule has 0 aliphatic carbocycles. The van der Waals surface area contributed by atoms with Crippen LogP contribution in [-0.4, -0.2) is 61.3 Å². The second-order valence-electron chi connectivity index (χ2n) is 12.0. The van der Waals surface area contributed by atoms with Crippen molar-refractivity contribution >= 4 is 39.2 Å². The van der Waals surface area contributed by atoms with Crippen LogP contribution in [0.1, 0.15) is 50.8 Å². The lowest BCUT2D eigenvalue weighted by Gasteiger charge is -2.35. The second-order valence-corrected chi connectivity index (χ2v) is 12.8. The van der Waals surface area contributed by atoms with Crippen LogP contribution >= 0.6 is 15.9 Å². The maximum absolute atomic E-state index is 14.5. The Bertz CT molecular complexity index is 2190. The Morgan fingerprint density at radius 1 is 1.02 bits per heavy atom. The third kappa shape index (κ3) is 5.41. The molecular formula is C35H28BrF3N6O3. The average Bonchev–Trinajstić information content (AvgIpc) is 3.63. The van der Waals surface area contributed by atoms with Gasteiger partial charge in [-0.1, -0.05) is 46.3 Å². The molecule has 1 unspecified atom stereocenters. The average molecular weight is 718 g/mol. The number of amides is 2. The number of rotatable bonds is 5. The van der Waals surface area contributed by atoms with Gasteiger partial charge in [-0.15, -0.1) is 0 Å². The van der Waals surface area contributed by atoms with E-state index in [1.165, 1.54) is 21.9 Å². The number of benzene rings is 3. The van der Waals surface area contributed by atoms with Crippen molar-refractivity contribution in [2.24, 2.45) is 4.99 Å². The molecule has 2 amide bonds. The van der Waals surface area contributed by atoms with E-state index in [1.807, 2.05) is 42.5 Å². The van der Waals surface area contributed by atoms with Gasteiger partial charge in [-0.3, -0.25) is 28.8 Å². The summed E-state index contributed by atoms with van der Waals surface area (Å²) in [5.41, 5.74) is 3.27. The molecule has 1 atom stereocenters. The van der Waals surface area contributed by atoms with Gasteiger partial charge in [-0.2, -0.15) is 18.3 Å². The summed E-state index contributed by atoms with van der Waals surface area (Å²) in [4.78, 5) is 47.6.